The Bertz CT molecular complexity index is 287. The Morgan fingerprint density at radius 2 is 1.88 bits per heavy atom. The van der Waals surface area contributed by atoms with Crippen molar-refractivity contribution in [1.29, 1.82) is 0 Å². The zero-order valence-electron chi connectivity index (χ0n) is 9.57. The minimum atomic E-state index is -1.13. The third-order valence-electron chi connectivity index (χ3n) is 3.09. The van der Waals surface area contributed by atoms with Crippen LogP contribution in [0.25, 0.3) is 0 Å². The molecule has 1 aliphatic rings. The van der Waals surface area contributed by atoms with E-state index < -0.39 is 11.9 Å². The SMILES string of the molecule is CCC1(OC(=O)/C=C/C(=O)O)CCCCC1. The van der Waals surface area contributed by atoms with Crippen molar-refractivity contribution in [2.75, 3.05) is 0 Å². The summed E-state index contributed by atoms with van der Waals surface area (Å²) in [6.07, 6.45) is 7.69. The third kappa shape index (κ3) is 3.68. The van der Waals surface area contributed by atoms with Crippen molar-refractivity contribution in [3.63, 3.8) is 0 Å². The fourth-order valence-corrected chi connectivity index (χ4v) is 2.11. The Kier molecular flexibility index (Phi) is 4.52. The highest BCUT2D eigenvalue weighted by molar-refractivity contribution is 5.90. The van der Waals surface area contributed by atoms with Gasteiger partial charge in [-0.15, -0.1) is 0 Å². The molecule has 4 nitrogen and oxygen atoms in total. The molecule has 0 bridgehead atoms. The first-order valence-electron chi connectivity index (χ1n) is 5.72. The van der Waals surface area contributed by atoms with Gasteiger partial charge in [0, 0.05) is 12.2 Å². The van der Waals surface area contributed by atoms with Crippen LogP contribution in [-0.4, -0.2) is 22.6 Å². The Labute approximate surface area is 95.3 Å². The van der Waals surface area contributed by atoms with Crippen LogP contribution in [0.1, 0.15) is 45.4 Å². The molecule has 0 spiro atoms. The van der Waals surface area contributed by atoms with Gasteiger partial charge in [-0.3, -0.25) is 0 Å². The average Bonchev–Trinajstić information content (AvgIpc) is 2.28. The number of esters is 1. The van der Waals surface area contributed by atoms with Gasteiger partial charge in [-0.05, 0) is 32.1 Å². The topological polar surface area (TPSA) is 63.6 Å². The molecule has 90 valence electrons. The predicted molar refractivity (Wildman–Crippen MR) is 59.0 cm³/mol. The molecule has 0 aromatic carbocycles. The van der Waals surface area contributed by atoms with Crippen molar-refractivity contribution < 1.29 is 19.4 Å². The summed E-state index contributed by atoms with van der Waals surface area (Å²) in [4.78, 5) is 21.7. The highest BCUT2D eigenvalue weighted by Crippen LogP contribution is 2.34. The summed E-state index contributed by atoms with van der Waals surface area (Å²) in [6.45, 7) is 2.00. The minimum Gasteiger partial charge on any atom is -0.478 e. The average molecular weight is 226 g/mol. The molecule has 1 saturated carbocycles. The van der Waals surface area contributed by atoms with Crippen LogP contribution >= 0.6 is 0 Å². The summed E-state index contributed by atoms with van der Waals surface area (Å²) >= 11 is 0. The highest BCUT2D eigenvalue weighted by atomic mass is 16.6. The van der Waals surface area contributed by atoms with Gasteiger partial charge < -0.3 is 9.84 Å². The summed E-state index contributed by atoms with van der Waals surface area (Å²) in [5, 5.41) is 8.40. The van der Waals surface area contributed by atoms with E-state index >= 15 is 0 Å². The van der Waals surface area contributed by atoms with Crippen molar-refractivity contribution in [3.05, 3.63) is 12.2 Å². The van der Waals surface area contributed by atoms with Gasteiger partial charge in [0.1, 0.15) is 5.60 Å². The molecular weight excluding hydrogens is 208 g/mol. The van der Waals surface area contributed by atoms with Gasteiger partial charge in [0.25, 0.3) is 0 Å². The van der Waals surface area contributed by atoms with E-state index in [1.165, 1.54) is 6.42 Å². The van der Waals surface area contributed by atoms with Crippen molar-refractivity contribution in [3.8, 4) is 0 Å². The Morgan fingerprint density at radius 1 is 1.25 bits per heavy atom. The second-order valence-corrected chi connectivity index (χ2v) is 4.19. The maximum Gasteiger partial charge on any atom is 0.331 e. The van der Waals surface area contributed by atoms with Gasteiger partial charge in [-0.1, -0.05) is 13.3 Å². The molecule has 0 unspecified atom stereocenters. The van der Waals surface area contributed by atoms with E-state index in [0.717, 1.165) is 44.3 Å². The van der Waals surface area contributed by atoms with Crippen LogP contribution in [0.4, 0.5) is 0 Å². The maximum atomic E-state index is 11.4. The lowest BCUT2D eigenvalue weighted by atomic mass is 9.83. The normalized spacial score (nSPS) is 19.6. The van der Waals surface area contributed by atoms with E-state index in [1.807, 2.05) is 6.92 Å². The van der Waals surface area contributed by atoms with Crippen molar-refractivity contribution in [2.45, 2.75) is 51.0 Å². The number of hydrogen-bond acceptors (Lipinski definition) is 3. The summed E-state index contributed by atoms with van der Waals surface area (Å²) in [5.74, 6) is -1.68. The van der Waals surface area contributed by atoms with E-state index in [2.05, 4.69) is 0 Å². The molecule has 0 aromatic heterocycles. The summed E-state index contributed by atoms with van der Waals surface area (Å²) in [7, 11) is 0. The van der Waals surface area contributed by atoms with Gasteiger partial charge in [-0.25, -0.2) is 9.59 Å². The second-order valence-electron chi connectivity index (χ2n) is 4.19. The first-order valence-corrected chi connectivity index (χ1v) is 5.72. The molecule has 0 amide bonds. The molecular formula is C12H18O4. The number of carbonyl (C=O) groups excluding carboxylic acids is 1. The molecule has 4 heteroatoms. The fourth-order valence-electron chi connectivity index (χ4n) is 2.11. The number of hydrogen-bond donors (Lipinski definition) is 1. The molecule has 0 aromatic rings. The number of aliphatic carboxylic acids is 1. The quantitative estimate of drug-likeness (QED) is 0.590. The molecule has 0 radical (unpaired) electrons. The molecule has 0 heterocycles. The van der Waals surface area contributed by atoms with Crippen molar-refractivity contribution >= 4 is 11.9 Å². The van der Waals surface area contributed by atoms with Crippen LogP contribution in [-0.2, 0) is 14.3 Å². The van der Waals surface area contributed by atoms with E-state index in [9.17, 15) is 9.59 Å². The monoisotopic (exact) mass is 226 g/mol. The number of rotatable bonds is 4. The lowest BCUT2D eigenvalue weighted by Crippen LogP contribution is -2.36. The fraction of sp³-hybridized carbons (Fsp3) is 0.667. The van der Waals surface area contributed by atoms with Crippen molar-refractivity contribution in [1.82, 2.24) is 0 Å². The van der Waals surface area contributed by atoms with Gasteiger partial charge in [-0.2, -0.15) is 0 Å². The Morgan fingerprint density at radius 3 is 2.38 bits per heavy atom. The molecule has 1 fully saturated rings. The summed E-state index contributed by atoms with van der Waals surface area (Å²) in [6, 6.07) is 0. The maximum absolute atomic E-state index is 11.4. The molecule has 0 aliphatic heterocycles. The predicted octanol–water partition coefficient (Wildman–Crippen LogP) is 2.28. The minimum absolute atomic E-state index is 0.363. The van der Waals surface area contributed by atoms with Gasteiger partial charge in [0.15, 0.2) is 0 Å². The molecule has 1 rings (SSSR count). The Balaban J connectivity index is 2.55. The molecule has 16 heavy (non-hydrogen) atoms. The van der Waals surface area contributed by atoms with E-state index in [1.54, 1.807) is 0 Å². The molecule has 1 N–H and O–H groups in total. The van der Waals surface area contributed by atoms with Crippen LogP contribution in [0.2, 0.25) is 0 Å². The van der Waals surface area contributed by atoms with Crippen LogP contribution in [0, 0.1) is 0 Å². The van der Waals surface area contributed by atoms with E-state index in [0.29, 0.717) is 0 Å². The number of carbonyl (C=O) groups is 2. The van der Waals surface area contributed by atoms with Crippen LogP contribution < -0.4 is 0 Å². The van der Waals surface area contributed by atoms with Crippen LogP contribution in [0.15, 0.2) is 12.2 Å². The Hall–Kier alpha value is -1.32. The lowest BCUT2D eigenvalue weighted by molar-refractivity contribution is -0.157. The van der Waals surface area contributed by atoms with Gasteiger partial charge in [0.05, 0.1) is 0 Å². The smallest absolute Gasteiger partial charge is 0.331 e. The zero-order valence-corrected chi connectivity index (χ0v) is 9.57. The first kappa shape index (κ1) is 12.7. The third-order valence-corrected chi connectivity index (χ3v) is 3.09. The zero-order chi connectivity index (χ0) is 12.0. The molecule has 0 atom stereocenters. The van der Waals surface area contributed by atoms with Crippen LogP contribution in [0.5, 0.6) is 0 Å². The van der Waals surface area contributed by atoms with E-state index in [4.69, 9.17) is 9.84 Å². The van der Waals surface area contributed by atoms with Crippen LogP contribution in [0.3, 0.4) is 0 Å². The number of carboxylic acid groups (broad SMARTS) is 1. The highest BCUT2D eigenvalue weighted by Gasteiger charge is 2.33. The van der Waals surface area contributed by atoms with Gasteiger partial charge >= 0.3 is 11.9 Å². The summed E-state index contributed by atoms with van der Waals surface area (Å²) < 4.78 is 5.39. The first-order chi connectivity index (χ1) is 7.58. The molecule has 0 saturated heterocycles. The van der Waals surface area contributed by atoms with Gasteiger partial charge in [0.2, 0.25) is 0 Å². The number of ether oxygens (including phenoxy) is 1. The summed E-state index contributed by atoms with van der Waals surface area (Å²) in [5.41, 5.74) is -0.363. The largest absolute Gasteiger partial charge is 0.478 e. The van der Waals surface area contributed by atoms with E-state index in [-0.39, 0.29) is 5.60 Å². The second kappa shape index (κ2) is 5.68. The van der Waals surface area contributed by atoms with Crippen molar-refractivity contribution in [2.24, 2.45) is 0 Å². The standard InChI is InChI=1S/C12H18O4/c1-2-12(8-4-3-5-9-12)16-11(15)7-6-10(13)14/h6-7H,2-5,8-9H2,1H3,(H,13,14)/b7-6+. The lowest BCUT2D eigenvalue weighted by Gasteiger charge is -2.35. The molecule has 1 aliphatic carbocycles. The number of carboxylic acids is 1.